The number of fused-ring (bicyclic) bond motifs is 1. The van der Waals surface area contributed by atoms with E-state index in [2.05, 4.69) is 21.0 Å². The zero-order chi connectivity index (χ0) is 11.7. The highest BCUT2D eigenvalue weighted by molar-refractivity contribution is 7.18. The van der Waals surface area contributed by atoms with Gasteiger partial charge < -0.3 is 5.73 Å². The van der Waals surface area contributed by atoms with Gasteiger partial charge in [-0.2, -0.15) is 0 Å². The van der Waals surface area contributed by atoms with Crippen molar-refractivity contribution in [1.82, 2.24) is 15.0 Å². The molecule has 2 aromatic heterocycles. The van der Waals surface area contributed by atoms with Crippen LogP contribution < -0.4 is 5.73 Å². The monoisotopic (exact) mass is 242 g/mol. The molecule has 0 bridgehead atoms. The first-order chi connectivity index (χ1) is 8.31. The zero-order valence-electron chi connectivity index (χ0n) is 9.00. The standard InChI is InChI=1S/C12H10N4S/c13-12-14-6-5-8(15-12)7-11-16-9-3-1-2-4-10(9)17-11/h1-6H,7H2,(H2,13,14,15). The number of nitrogens with zero attached hydrogens (tertiary/aromatic N) is 3. The molecule has 0 fully saturated rings. The molecule has 0 aliphatic carbocycles. The second-order valence-electron chi connectivity index (χ2n) is 3.66. The molecule has 0 unspecified atom stereocenters. The summed E-state index contributed by atoms with van der Waals surface area (Å²) in [5, 5.41) is 1.05. The average molecular weight is 242 g/mol. The van der Waals surface area contributed by atoms with Crippen molar-refractivity contribution < 1.29 is 0 Å². The number of nitrogen functional groups attached to an aromatic ring is 1. The molecule has 0 amide bonds. The number of aromatic nitrogens is 3. The van der Waals surface area contributed by atoms with Crippen molar-refractivity contribution in [2.75, 3.05) is 5.73 Å². The van der Waals surface area contributed by atoms with Gasteiger partial charge in [0.25, 0.3) is 0 Å². The van der Waals surface area contributed by atoms with Crippen molar-refractivity contribution in [1.29, 1.82) is 0 Å². The van der Waals surface area contributed by atoms with E-state index in [9.17, 15) is 0 Å². The van der Waals surface area contributed by atoms with Crippen LogP contribution in [0.1, 0.15) is 10.7 Å². The molecule has 84 valence electrons. The number of hydrogen-bond acceptors (Lipinski definition) is 5. The molecule has 0 atom stereocenters. The van der Waals surface area contributed by atoms with E-state index >= 15 is 0 Å². The molecule has 2 heterocycles. The summed E-state index contributed by atoms with van der Waals surface area (Å²) in [5.74, 6) is 0.309. The van der Waals surface area contributed by atoms with Gasteiger partial charge in [-0.05, 0) is 18.2 Å². The highest BCUT2D eigenvalue weighted by Crippen LogP contribution is 2.23. The van der Waals surface area contributed by atoms with Gasteiger partial charge in [0.15, 0.2) is 0 Å². The summed E-state index contributed by atoms with van der Waals surface area (Å²) in [7, 11) is 0. The normalized spacial score (nSPS) is 10.8. The van der Waals surface area contributed by atoms with Crippen LogP contribution in [-0.2, 0) is 6.42 Å². The highest BCUT2D eigenvalue weighted by Gasteiger charge is 2.05. The number of benzene rings is 1. The van der Waals surface area contributed by atoms with Gasteiger partial charge in [-0.3, -0.25) is 0 Å². The Morgan fingerprint density at radius 1 is 1.12 bits per heavy atom. The lowest BCUT2D eigenvalue weighted by atomic mass is 10.3. The Bertz CT molecular complexity index is 629. The fourth-order valence-electron chi connectivity index (χ4n) is 1.66. The van der Waals surface area contributed by atoms with Crippen LogP contribution >= 0.6 is 11.3 Å². The first-order valence-corrected chi connectivity index (χ1v) is 6.05. The lowest BCUT2D eigenvalue weighted by Gasteiger charge is -1.96. The van der Waals surface area contributed by atoms with E-state index in [1.807, 2.05) is 24.3 Å². The molecule has 1 aromatic carbocycles. The fraction of sp³-hybridized carbons (Fsp3) is 0.0833. The Morgan fingerprint density at radius 3 is 2.82 bits per heavy atom. The zero-order valence-corrected chi connectivity index (χ0v) is 9.81. The van der Waals surface area contributed by atoms with E-state index in [-0.39, 0.29) is 0 Å². The number of hydrogen-bond donors (Lipinski definition) is 1. The van der Waals surface area contributed by atoms with Crippen LogP contribution in [0.4, 0.5) is 5.95 Å². The Morgan fingerprint density at radius 2 is 2.00 bits per heavy atom. The summed E-state index contributed by atoms with van der Waals surface area (Å²) in [4.78, 5) is 12.6. The molecular weight excluding hydrogens is 232 g/mol. The van der Waals surface area contributed by atoms with Crippen molar-refractivity contribution in [3.8, 4) is 0 Å². The molecule has 0 spiro atoms. The molecule has 0 saturated heterocycles. The van der Waals surface area contributed by atoms with Crippen LogP contribution in [0.5, 0.6) is 0 Å². The van der Waals surface area contributed by atoms with E-state index in [4.69, 9.17) is 5.73 Å². The van der Waals surface area contributed by atoms with E-state index in [0.717, 1.165) is 16.2 Å². The average Bonchev–Trinajstić information content (AvgIpc) is 2.71. The van der Waals surface area contributed by atoms with Crippen LogP contribution in [0, 0.1) is 0 Å². The number of para-hydroxylation sites is 1. The second-order valence-corrected chi connectivity index (χ2v) is 4.77. The SMILES string of the molecule is Nc1nccc(Cc2nc3ccccc3s2)n1. The number of thiazole rings is 1. The van der Waals surface area contributed by atoms with Gasteiger partial charge in [0.1, 0.15) is 0 Å². The van der Waals surface area contributed by atoms with Crippen LogP contribution in [0.15, 0.2) is 36.5 Å². The van der Waals surface area contributed by atoms with Gasteiger partial charge in [-0.15, -0.1) is 11.3 Å². The number of anilines is 1. The Balaban J connectivity index is 1.94. The van der Waals surface area contributed by atoms with Crippen molar-refractivity contribution in [2.45, 2.75) is 6.42 Å². The topological polar surface area (TPSA) is 64.7 Å². The van der Waals surface area contributed by atoms with Gasteiger partial charge in [0, 0.05) is 12.6 Å². The maximum Gasteiger partial charge on any atom is 0.220 e. The molecule has 3 rings (SSSR count). The highest BCUT2D eigenvalue weighted by atomic mass is 32.1. The molecule has 2 N–H and O–H groups in total. The predicted octanol–water partition coefficient (Wildman–Crippen LogP) is 2.26. The Labute approximate surface area is 102 Å². The summed E-state index contributed by atoms with van der Waals surface area (Å²) in [6, 6.07) is 9.97. The molecule has 0 radical (unpaired) electrons. The number of nitrogens with two attached hydrogens (primary N) is 1. The molecule has 0 aliphatic rings. The minimum absolute atomic E-state index is 0.309. The van der Waals surface area contributed by atoms with Crippen molar-refractivity contribution in [3.63, 3.8) is 0 Å². The second kappa shape index (κ2) is 4.10. The smallest absolute Gasteiger partial charge is 0.220 e. The Hall–Kier alpha value is -2.01. The molecular formula is C12H10N4S. The molecule has 17 heavy (non-hydrogen) atoms. The van der Waals surface area contributed by atoms with Gasteiger partial charge in [0.05, 0.1) is 20.9 Å². The lowest BCUT2D eigenvalue weighted by Crippen LogP contribution is -1.98. The van der Waals surface area contributed by atoms with Crippen molar-refractivity contribution in [2.24, 2.45) is 0 Å². The van der Waals surface area contributed by atoms with Crippen LogP contribution in [0.3, 0.4) is 0 Å². The minimum Gasteiger partial charge on any atom is -0.368 e. The molecule has 0 saturated carbocycles. The predicted molar refractivity (Wildman–Crippen MR) is 68.9 cm³/mol. The van der Waals surface area contributed by atoms with E-state index < -0.39 is 0 Å². The minimum atomic E-state index is 0.309. The van der Waals surface area contributed by atoms with E-state index in [1.54, 1.807) is 17.5 Å². The third kappa shape index (κ3) is 2.09. The van der Waals surface area contributed by atoms with E-state index in [1.165, 1.54) is 4.70 Å². The Kier molecular flexibility index (Phi) is 2.45. The van der Waals surface area contributed by atoms with Gasteiger partial charge in [-0.25, -0.2) is 15.0 Å². The van der Waals surface area contributed by atoms with Gasteiger partial charge >= 0.3 is 0 Å². The lowest BCUT2D eigenvalue weighted by molar-refractivity contribution is 1.03. The first kappa shape index (κ1) is 10.2. The van der Waals surface area contributed by atoms with Crippen LogP contribution in [-0.4, -0.2) is 15.0 Å². The van der Waals surface area contributed by atoms with Crippen LogP contribution in [0.2, 0.25) is 0 Å². The molecule has 3 aromatic rings. The molecule has 0 aliphatic heterocycles. The maximum absolute atomic E-state index is 5.55. The van der Waals surface area contributed by atoms with Gasteiger partial charge in [-0.1, -0.05) is 12.1 Å². The largest absolute Gasteiger partial charge is 0.368 e. The first-order valence-electron chi connectivity index (χ1n) is 5.23. The molecule has 5 heteroatoms. The summed E-state index contributed by atoms with van der Waals surface area (Å²) in [6.07, 6.45) is 2.37. The number of rotatable bonds is 2. The van der Waals surface area contributed by atoms with Crippen molar-refractivity contribution in [3.05, 3.63) is 47.2 Å². The van der Waals surface area contributed by atoms with Crippen molar-refractivity contribution >= 4 is 27.5 Å². The quantitative estimate of drug-likeness (QED) is 0.748. The summed E-state index contributed by atoms with van der Waals surface area (Å²) in [5.41, 5.74) is 7.48. The van der Waals surface area contributed by atoms with Gasteiger partial charge in [0.2, 0.25) is 5.95 Å². The summed E-state index contributed by atoms with van der Waals surface area (Å²) < 4.78 is 1.20. The third-order valence-corrected chi connectivity index (χ3v) is 3.44. The van der Waals surface area contributed by atoms with E-state index in [0.29, 0.717) is 12.4 Å². The van der Waals surface area contributed by atoms with Crippen LogP contribution in [0.25, 0.3) is 10.2 Å². The fourth-order valence-corrected chi connectivity index (χ4v) is 2.64. The summed E-state index contributed by atoms with van der Waals surface area (Å²) in [6.45, 7) is 0. The third-order valence-electron chi connectivity index (χ3n) is 2.40. The summed E-state index contributed by atoms with van der Waals surface area (Å²) >= 11 is 1.69. The molecule has 4 nitrogen and oxygen atoms in total. The maximum atomic E-state index is 5.55.